The number of imide groups is 1. The van der Waals surface area contributed by atoms with E-state index >= 15 is 0 Å². The molecule has 24 heavy (non-hydrogen) atoms. The Labute approximate surface area is 144 Å². The smallest absolute Gasteiger partial charge is 0.293 e. The molecular weight excluding hydrogens is 334 g/mol. The van der Waals surface area contributed by atoms with Gasteiger partial charge in [0, 0.05) is 20.3 Å². The summed E-state index contributed by atoms with van der Waals surface area (Å²) >= 11 is 0.879. The Morgan fingerprint density at radius 3 is 2.33 bits per heavy atom. The van der Waals surface area contributed by atoms with E-state index in [1.165, 1.54) is 19.1 Å². The lowest BCUT2D eigenvalue weighted by Crippen LogP contribution is -2.29. The van der Waals surface area contributed by atoms with Crippen LogP contribution in [0.25, 0.3) is 6.08 Å². The summed E-state index contributed by atoms with van der Waals surface area (Å²) in [5, 5.41) is 9.61. The van der Waals surface area contributed by atoms with Crippen molar-refractivity contribution < 1.29 is 28.9 Å². The molecule has 1 aromatic carbocycles. The number of amides is 2. The highest BCUT2D eigenvalue weighted by molar-refractivity contribution is 8.18. The van der Waals surface area contributed by atoms with Crippen molar-refractivity contribution in [3.8, 4) is 17.2 Å². The first kappa shape index (κ1) is 18.2. The standard InChI is InChI=1S/C16H19NO6S/c1-21-6-4-5-17-15(19)13(24-16(17)20)9-10-7-11(22-2)14(18)12(8-10)23-3/h7-9,18H,4-6H2,1-3H3/b13-9-. The monoisotopic (exact) mass is 353 g/mol. The molecule has 1 aliphatic rings. The fourth-order valence-electron chi connectivity index (χ4n) is 2.21. The first-order chi connectivity index (χ1) is 11.5. The topological polar surface area (TPSA) is 85.3 Å². The number of rotatable bonds is 7. The van der Waals surface area contributed by atoms with Crippen LogP contribution in [0.1, 0.15) is 12.0 Å². The number of benzene rings is 1. The van der Waals surface area contributed by atoms with Crippen molar-refractivity contribution in [3.63, 3.8) is 0 Å². The largest absolute Gasteiger partial charge is 0.502 e. The minimum absolute atomic E-state index is 0.121. The van der Waals surface area contributed by atoms with Gasteiger partial charge in [0.05, 0.1) is 19.1 Å². The van der Waals surface area contributed by atoms with Crippen molar-refractivity contribution in [2.24, 2.45) is 0 Å². The van der Waals surface area contributed by atoms with Gasteiger partial charge in [0.1, 0.15) is 0 Å². The molecule has 7 nitrogen and oxygen atoms in total. The number of thioether (sulfide) groups is 1. The summed E-state index contributed by atoms with van der Waals surface area (Å²) in [4.78, 5) is 25.8. The molecule has 0 saturated carbocycles. The zero-order valence-corrected chi connectivity index (χ0v) is 14.5. The summed E-state index contributed by atoms with van der Waals surface area (Å²) in [6.07, 6.45) is 2.16. The molecule has 0 radical (unpaired) electrons. The number of carbonyl (C=O) groups excluding carboxylic acids is 2. The average molecular weight is 353 g/mol. The van der Waals surface area contributed by atoms with E-state index < -0.39 is 0 Å². The normalized spacial score (nSPS) is 16.1. The summed E-state index contributed by atoms with van der Waals surface area (Å²) in [5.74, 6) is -0.0169. The van der Waals surface area contributed by atoms with Gasteiger partial charge in [0.25, 0.3) is 11.1 Å². The quantitative estimate of drug-likeness (QED) is 0.595. The van der Waals surface area contributed by atoms with Crippen LogP contribution < -0.4 is 9.47 Å². The maximum atomic E-state index is 12.4. The van der Waals surface area contributed by atoms with Gasteiger partial charge in [0.2, 0.25) is 5.75 Å². The van der Waals surface area contributed by atoms with Gasteiger partial charge >= 0.3 is 0 Å². The Kier molecular flexibility index (Phi) is 6.10. The van der Waals surface area contributed by atoms with E-state index in [4.69, 9.17) is 14.2 Å². The predicted octanol–water partition coefficient (Wildman–Crippen LogP) is 2.48. The Morgan fingerprint density at radius 1 is 1.17 bits per heavy atom. The molecule has 130 valence electrons. The van der Waals surface area contributed by atoms with E-state index in [0.717, 1.165) is 11.8 Å². The number of nitrogens with zero attached hydrogens (tertiary/aromatic N) is 1. The van der Waals surface area contributed by atoms with E-state index in [-0.39, 0.29) is 28.4 Å². The van der Waals surface area contributed by atoms with Gasteiger partial charge in [0.15, 0.2) is 11.5 Å². The minimum atomic E-state index is -0.341. The van der Waals surface area contributed by atoms with E-state index in [9.17, 15) is 14.7 Å². The van der Waals surface area contributed by atoms with Crippen LogP contribution in [0.2, 0.25) is 0 Å². The number of hydrogen-bond acceptors (Lipinski definition) is 7. The van der Waals surface area contributed by atoms with Crippen LogP contribution in [0, 0.1) is 0 Å². The summed E-state index contributed by atoms with van der Waals surface area (Å²) in [6.45, 7) is 0.797. The van der Waals surface area contributed by atoms with Crippen LogP contribution in [0.15, 0.2) is 17.0 Å². The number of ether oxygens (including phenoxy) is 3. The fourth-order valence-corrected chi connectivity index (χ4v) is 3.07. The molecule has 1 heterocycles. The summed E-state index contributed by atoms with van der Waals surface area (Å²) < 4.78 is 15.1. The second-order valence-electron chi connectivity index (χ2n) is 4.95. The number of aromatic hydroxyl groups is 1. The number of hydrogen-bond donors (Lipinski definition) is 1. The van der Waals surface area contributed by atoms with Crippen molar-refractivity contribution in [3.05, 3.63) is 22.6 Å². The molecule has 0 aromatic heterocycles. The molecule has 8 heteroatoms. The first-order valence-corrected chi connectivity index (χ1v) is 8.02. The third kappa shape index (κ3) is 3.82. The highest BCUT2D eigenvalue weighted by Crippen LogP contribution is 2.39. The lowest BCUT2D eigenvalue weighted by Gasteiger charge is -2.11. The van der Waals surface area contributed by atoms with Gasteiger partial charge in [-0.3, -0.25) is 14.5 Å². The Balaban J connectivity index is 2.25. The molecule has 1 fully saturated rings. The second-order valence-corrected chi connectivity index (χ2v) is 5.95. The number of carbonyl (C=O) groups is 2. The van der Waals surface area contributed by atoms with Gasteiger partial charge < -0.3 is 19.3 Å². The van der Waals surface area contributed by atoms with Crippen molar-refractivity contribution in [1.82, 2.24) is 4.90 Å². The van der Waals surface area contributed by atoms with Crippen molar-refractivity contribution >= 4 is 29.0 Å². The molecule has 1 aromatic rings. The van der Waals surface area contributed by atoms with Gasteiger partial charge in [-0.25, -0.2) is 0 Å². The van der Waals surface area contributed by atoms with Crippen LogP contribution >= 0.6 is 11.8 Å². The second kappa shape index (κ2) is 8.07. The highest BCUT2D eigenvalue weighted by atomic mass is 32.2. The number of phenols is 1. The van der Waals surface area contributed by atoms with Crippen molar-refractivity contribution in [2.45, 2.75) is 6.42 Å². The zero-order chi connectivity index (χ0) is 17.7. The summed E-state index contributed by atoms with van der Waals surface area (Å²) in [6, 6.07) is 3.13. The lowest BCUT2D eigenvalue weighted by atomic mass is 10.1. The molecule has 1 aliphatic heterocycles. The van der Waals surface area contributed by atoms with Crippen LogP contribution in [0.4, 0.5) is 4.79 Å². The maximum Gasteiger partial charge on any atom is 0.293 e. The van der Waals surface area contributed by atoms with Gasteiger partial charge in [-0.05, 0) is 42.0 Å². The van der Waals surface area contributed by atoms with Crippen LogP contribution in [-0.2, 0) is 9.53 Å². The van der Waals surface area contributed by atoms with E-state index in [1.807, 2.05) is 0 Å². The maximum absolute atomic E-state index is 12.4. The predicted molar refractivity (Wildman–Crippen MR) is 90.4 cm³/mol. The lowest BCUT2D eigenvalue weighted by molar-refractivity contribution is -0.122. The molecule has 2 amide bonds. The van der Waals surface area contributed by atoms with Gasteiger partial charge in [-0.2, -0.15) is 0 Å². The average Bonchev–Trinajstić information content (AvgIpc) is 2.83. The molecule has 0 unspecified atom stereocenters. The molecule has 0 atom stereocenters. The molecule has 1 saturated heterocycles. The summed E-state index contributed by atoms with van der Waals surface area (Å²) in [7, 11) is 4.41. The highest BCUT2D eigenvalue weighted by Gasteiger charge is 2.34. The molecule has 2 rings (SSSR count). The number of phenolic OH excluding ortho intramolecular Hbond substituents is 1. The van der Waals surface area contributed by atoms with Gasteiger partial charge in [-0.15, -0.1) is 0 Å². The van der Waals surface area contributed by atoms with Crippen LogP contribution in [-0.4, -0.2) is 55.6 Å². The van der Waals surface area contributed by atoms with E-state index in [1.54, 1.807) is 25.3 Å². The minimum Gasteiger partial charge on any atom is -0.502 e. The molecule has 1 N–H and O–H groups in total. The third-order valence-electron chi connectivity index (χ3n) is 3.40. The first-order valence-electron chi connectivity index (χ1n) is 7.21. The third-order valence-corrected chi connectivity index (χ3v) is 4.31. The molecule has 0 aliphatic carbocycles. The van der Waals surface area contributed by atoms with E-state index in [2.05, 4.69) is 0 Å². The fraction of sp³-hybridized carbons (Fsp3) is 0.375. The van der Waals surface area contributed by atoms with Crippen molar-refractivity contribution in [1.29, 1.82) is 0 Å². The molecule has 0 spiro atoms. The zero-order valence-electron chi connectivity index (χ0n) is 13.7. The van der Waals surface area contributed by atoms with Crippen molar-refractivity contribution in [2.75, 3.05) is 34.5 Å². The van der Waals surface area contributed by atoms with Gasteiger partial charge in [-0.1, -0.05) is 0 Å². The Bertz CT molecular complexity index is 648. The SMILES string of the molecule is COCCCN1C(=O)S/C(=C\c2cc(OC)c(O)c(OC)c2)C1=O. The Hall–Kier alpha value is -2.19. The van der Waals surface area contributed by atoms with Crippen LogP contribution in [0.5, 0.6) is 17.2 Å². The van der Waals surface area contributed by atoms with Crippen LogP contribution in [0.3, 0.4) is 0 Å². The van der Waals surface area contributed by atoms with E-state index in [0.29, 0.717) is 30.0 Å². The Morgan fingerprint density at radius 2 is 1.79 bits per heavy atom. The number of methoxy groups -OCH3 is 3. The summed E-state index contributed by atoms with van der Waals surface area (Å²) in [5.41, 5.74) is 0.587. The molecule has 0 bridgehead atoms. The molecular formula is C16H19NO6S.